The first kappa shape index (κ1) is 11.0. The Kier molecular flexibility index (Phi) is 4.39. The first-order chi connectivity index (χ1) is 6.68. The monoisotopic (exact) mass is 199 g/mol. The number of hydrogen-bond donors (Lipinski definition) is 2. The summed E-state index contributed by atoms with van der Waals surface area (Å²) in [7, 11) is 0. The van der Waals surface area contributed by atoms with Crippen LogP contribution in [0.2, 0.25) is 0 Å². The third-order valence-corrected chi connectivity index (χ3v) is 2.20. The summed E-state index contributed by atoms with van der Waals surface area (Å²) in [5, 5.41) is 4.81. The van der Waals surface area contributed by atoms with Gasteiger partial charge in [0.1, 0.15) is 0 Å². The molecule has 0 aromatic carbocycles. The largest absolute Gasteiger partial charge is 0.325 e. The number of nitrogens with zero attached hydrogens (tertiary/aromatic N) is 1. The smallest absolute Gasteiger partial charge is 0.322 e. The number of carbonyl (C=O) groups excluding carboxylic acids is 2. The predicted molar refractivity (Wildman–Crippen MR) is 52.6 cm³/mol. The fourth-order valence-electron chi connectivity index (χ4n) is 1.51. The van der Waals surface area contributed by atoms with Crippen LogP contribution in [0.1, 0.15) is 26.2 Å². The first-order valence-electron chi connectivity index (χ1n) is 4.96. The number of nitrogens with one attached hydrogen (secondary N) is 2. The van der Waals surface area contributed by atoms with Crippen LogP contribution in [0.15, 0.2) is 0 Å². The van der Waals surface area contributed by atoms with Crippen molar-refractivity contribution < 1.29 is 9.59 Å². The van der Waals surface area contributed by atoms with E-state index < -0.39 is 6.03 Å². The lowest BCUT2D eigenvalue weighted by atomic mass is 10.1. The molecule has 5 nitrogen and oxygen atoms in total. The number of rotatable bonds is 2. The normalized spacial score (nSPS) is 17.5. The van der Waals surface area contributed by atoms with Gasteiger partial charge in [0, 0.05) is 6.92 Å². The van der Waals surface area contributed by atoms with E-state index >= 15 is 0 Å². The van der Waals surface area contributed by atoms with E-state index in [1.807, 2.05) is 0 Å². The third kappa shape index (κ3) is 4.23. The van der Waals surface area contributed by atoms with Gasteiger partial charge in [-0.25, -0.2) is 4.79 Å². The minimum atomic E-state index is -0.414. The van der Waals surface area contributed by atoms with Gasteiger partial charge in [0.05, 0.1) is 6.67 Å². The molecule has 0 saturated carbocycles. The predicted octanol–water partition coefficient (Wildman–Crippen LogP) is 0.275. The average Bonchev–Trinajstić information content (AvgIpc) is 2.15. The molecule has 2 N–H and O–H groups in total. The van der Waals surface area contributed by atoms with E-state index in [0.29, 0.717) is 6.67 Å². The van der Waals surface area contributed by atoms with Crippen molar-refractivity contribution >= 4 is 11.9 Å². The fourth-order valence-corrected chi connectivity index (χ4v) is 1.51. The number of urea groups is 1. The molecular weight excluding hydrogens is 182 g/mol. The number of carbonyl (C=O) groups is 2. The summed E-state index contributed by atoms with van der Waals surface area (Å²) >= 11 is 0. The molecule has 1 saturated heterocycles. The maximum atomic E-state index is 11.0. The lowest BCUT2D eigenvalue weighted by Crippen LogP contribution is -2.45. The summed E-state index contributed by atoms with van der Waals surface area (Å²) in [6.07, 6.45) is 3.65. The van der Waals surface area contributed by atoms with Gasteiger partial charge in [0.2, 0.25) is 5.91 Å². The zero-order chi connectivity index (χ0) is 10.4. The molecule has 0 unspecified atom stereocenters. The Hall–Kier alpha value is -1.10. The number of likely N-dealkylation sites (tertiary alicyclic amines) is 1. The first-order valence-corrected chi connectivity index (χ1v) is 4.96. The molecule has 1 rings (SSSR count). The molecule has 0 aromatic rings. The molecule has 0 bridgehead atoms. The van der Waals surface area contributed by atoms with Crippen molar-refractivity contribution in [2.24, 2.45) is 0 Å². The minimum absolute atomic E-state index is 0.332. The van der Waals surface area contributed by atoms with Gasteiger partial charge in [-0.1, -0.05) is 6.42 Å². The molecule has 1 heterocycles. The van der Waals surface area contributed by atoms with Crippen molar-refractivity contribution in [3.05, 3.63) is 0 Å². The summed E-state index contributed by atoms with van der Waals surface area (Å²) in [5.41, 5.74) is 0. The second kappa shape index (κ2) is 5.59. The van der Waals surface area contributed by atoms with Crippen molar-refractivity contribution in [3.63, 3.8) is 0 Å². The summed E-state index contributed by atoms with van der Waals surface area (Å²) in [4.78, 5) is 23.7. The molecule has 1 aliphatic heterocycles. The molecular formula is C9H17N3O2. The topological polar surface area (TPSA) is 61.4 Å². The maximum absolute atomic E-state index is 11.0. The van der Waals surface area contributed by atoms with Gasteiger partial charge >= 0.3 is 6.03 Å². The fraction of sp³-hybridized carbons (Fsp3) is 0.778. The molecule has 0 aliphatic carbocycles. The molecule has 0 radical (unpaired) electrons. The highest BCUT2D eigenvalue weighted by atomic mass is 16.2. The Morgan fingerprint density at radius 1 is 1.21 bits per heavy atom. The number of piperidine rings is 1. The molecule has 3 amide bonds. The molecule has 14 heavy (non-hydrogen) atoms. The number of hydrogen-bond acceptors (Lipinski definition) is 3. The standard InChI is InChI=1S/C9H17N3O2/c1-8(13)11-9(14)10-7-12-5-3-2-4-6-12/h2-7H2,1H3,(H2,10,11,13,14). The molecule has 0 atom stereocenters. The summed E-state index contributed by atoms with van der Waals surface area (Å²) in [5.74, 6) is -0.332. The minimum Gasteiger partial charge on any atom is -0.325 e. The van der Waals surface area contributed by atoms with Crippen molar-refractivity contribution in [2.75, 3.05) is 19.8 Å². The van der Waals surface area contributed by atoms with E-state index in [-0.39, 0.29) is 5.91 Å². The van der Waals surface area contributed by atoms with Crippen LogP contribution in [-0.2, 0) is 4.79 Å². The SMILES string of the molecule is CC(=O)NC(=O)NCN1CCCCC1. The summed E-state index contributed by atoms with van der Waals surface area (Å²) < 4.78 is 0. The average molecular weight is 199 g/mol. The van der Waals surface area contributed by atoms with Gasteiger partial charge in [-0.3, -0.25) is 15.0 Å². The van der Waals surface area contributed by atoms with Crippen molar-refractivity contribution in [1.29, 1.82) is 0 Å². The van der Waals surface area contributed by atoms with Crippen LogP contribution in [0.25, 0.3) is 0 Å². The lowest BCUT2D eigenvalue weighted by Gasteiger charge is -2.26. The second-order valence-electron chi connectivity index (χ2n) is 3.52. The zero-order valence-corrected chi connectivity index (χ0v) is 8.51. The Labute approximate surface area is 83.8 Å². The number of imide groups is 1. The third-order valence-electron chi connectivity index (χ3n) is 2.20. The highest BCUT2D eigenvalue weighted by molar-refractivity contribution is 5.92. The zero-order valence-electron chi connectivity index (χ0n) is 8.51. The Bertz CT molecular complexity index is 212. The van der Waals surface area contributed by atoms with E-state index in [4.69, 9.17) is 0 Å². The van der Waals surface area contributed by atoms with E-state index in [1.54, 1.807) is 0 Å². The van der Waals surface area contributed by atoms with Gasteiger partial charge in [-0.15, -0.1) is 0 Å². The van der Waals surface area contributed by atoms with E-state index in [9.17, 15) is 9.59 Å². The molecule has 0 aromatic heterocycles. The number of amides is 3. The van der Waals surface area contributed by atoms with Crippen molar-refractivity contribution in [1.82, 2.24) is 15.5 Å². The Morgan fingerprint density at radius 2 is 1.86 bits per heavy atom. The van der Waals surface area contributed by atoms with Crippen LogP contribution in [0, 0.1) is 0 Å². The van der Waals surface area contributed by atoms with E-state index in [0.717, 1.165) is 13.1 Å². The highest BCUT2D eigenvalue weighted by Crippen LogP contribution is 2.06. The summed E-state index contributed by atoms with van der Waals surface area (Å²) in [6, 6.07) is -0.414. The van der Waals surface area contributed by atoms with Gasteiger partial charge in [0.25, 0.3) is 0 Å². The molecule has 1 fully saturated rings. The summed E-state index contributed by atoms with van der Waals surface area (Å²) in [6.45, 7) is 3.90. The van der Waals surface area contributed by atoms with Crippen molar-refractivity contribution in [2.45, 2.75) is 26.2 Å². The molecule has 1 aliphatic rings. The van der Waals surface area contributed by atoms with Gasteiger partial charge in [-0.2, -0.15) is 0 Å². The Morgan fingerprint density at radius 3 is 2.43 bits per heavy atom. The van der Waals surface area contributed by atoms with Crippen molar-refractivity contribution in [3.8, 4) is 0 Å². The Balaban J connectivity index is 2.12. The maximum Gasteiger partial charge on any atom is 0.322 e. The van der Waals surface area contributed by atoms with E-state index in [2.05, 4.69) is 15.5 Å². The van der Waals surface area contributed by atoms with Gasteiger partial charge in [0.15, 0.2) is 0 Å². The molecule has 0 spiro atoms. The van der Waals surface area contributed by atoms with Crippen LogP contribution < -0.4 is 10.6 Å². The van der Waals surface area contributed by atoms with Crippen LogP contribution in [0.3, 0.4) is 0 Å². The molecule has 5 heteroatoms. The van der Waals surface area contributed by atoms with Crippen LogP contribution >= 0.6 is 0 Å². The van der Waals surface area contributed by atoms with Gasteiger partial charge < -0.3 is 5.32 Å². The van der Waals surface area contributed by atoms with Gasteiger partial charge in [-0.05, 0) is 25.9 Å². The van der Waals surface area contributed by atoms with Crippen LogP contribution in [-0.4, -0.2) is 36.6 Å². The van der Waals surface area contributed by atoms with Crippen LogP contribution in [0.4, 0.5) is 4.79 Å². The van der Waals surface area contributed by atoms with E-state index in [1.165, 1.54) is 26.2 Å². The quantitative estimate of drug-likeness (QED) is 0.671. The second-order valence-corrected chi connectivity index (χ2v) is 3.52. The lowest BCUT2D eigenvalue weighted by molar-refractivity contribution is -0.117. The van der Waals surface area contributed by atoms with Crippen LogP contribution in [0.5, 0.6) is 0 Å². The molecule has 80 valence electrons. The highest BCUT2D eigenvalue weighted by Gasteiger charge is 2.10.